The van der Waals surface area contributed by atoms with Crippen molar-refractivity contribution in [2.75, 3.05) is 19.6 Å². The van der Waals surface area contributed by atoms with Crippen LogP contribution < -0.4 is 10.6 Å². The maximum atomic E-state index is 12.6. The van der Waals surface area contributed by atoms with E-state index in [9.17, 15) is 9.59 Å². The first-order chi connectivity index (χ1) is 13.4. The quantitative estimate of drug-likeness (QED) is 0.676. The Kier molecular flexibility index (Phi) is 6.78. The van der Waals surface area contributed by atoms with Crippen LogP contribution in [-0.4, -0.2) is 42.0 Å². The maximum absolute atomic E-state index is 12.6. The normalized spacial score (nSPS) is 24.5. The molecule has 3 rings (SSSR count). The highest BCUT2D eigenvalue weighted by atomic mass is 35.5. The molecule has 0 aromatic heterocycles. The lowest BCUT2D eigenvalue weighted by molar-refractivity contribution is -0.127. The Bertz CT molecular complexity index is 727. The summed E-state index contributed by atoms with van der Waals surface area (Å²) in [5.41, 5.74) is 0.345. The molecule has 152 valence electrons. The standard InChI is InChI=1S/C22H30ClN3O2/c1-16(2)8-11-22(20(27)24-21(28)25-22)18-9-12-26(13-10-18)15-19(23)14-17-6-4-3-5-7-17/h3-7,14,16,18H,8-13,15H2,1-2H3,(H2,24,25,27,28). The van der Waals surface area contributed by atoms with E-state index >= 15 is 0 Å². The number of rotatable bonds is 7. The van der Waals surface area contributed by atoms with E-state index in [-0.39, 0.29) is 17.9 Å². The van der Waals surface area contributed by atoms with Gasteiger partial charge >= 0.3 is 6.03 Å². The summed E-state index contributed by atoms with van der Waals surface area (Å²) in [4.78, 5) is 26.8. The van der Waals surface area contributed by atoms with Crippen LogP contribution in [0.15, 0.2) is 35.4 Å². The molecule has 0 spiro atoms. The molecule has 2 saturated heterocycles. The van der Waals surface area contributed by atoms with E-state index in [2.05, 4.69) is 29.4 Å². The molecule has 2 aliphatic heterocycles. The molecule has 0 saturated carbocycles. The van der Waals surface area contributed by atoms with E-state index in [0.717, 1.165) is 42.9 Å². The third-order valence-electron chi connectivity index (χ3n) is 5.87. The Balaban J connectivity index is 1.60. The van der Waals surface area contributed by atoms with Gasteiger partial charge in [0.25, 0.3) is 5.91 Å². The Labute approximate surface area is 172 Å². The lowest BCUT2D eigenvalue weighted by Crippen LogP contribution is -2.56. The van der Waals surface area contributed by atoms with Crippen LogP contribution in [0.4, 0.5) is 4.79 Å². The lowest BCUT2D eigenvalue weighted by atomic mass is 9.74. The summed E-state index contributed by atoms with van der Waals surface area (Å²) < 4.78 is 0. The number of halogens is 1. The van der Waals surface area contributed by atoms with Gasteiger partial charge < -0.3 is 5.32 Å². The Morgan fingerprint density at radius 2 is 1.93 bits per heavy atom. The zero-order valence-corrected chi connectivity index (χ0v) is 17.5. The smallest absolute Gasteiger partial charge is 0.322 e. The summed E-state index contributed by atoms with van der Waals surface area (Å²) in [5, 5.41) is 6.25. The van der Waals surface area contributed by atoms with Crippen LogP contribution >= 0.6 is 11.6 Å². The summed E-state index contributed by atoms with van der Waals surface area (Å²) in [6.45, 7) is 6.74. The molecule has 6 heteroatoms. The molecule has 2 fully saturated rings. The fourth-order valence-corrected chi connectivity index (χ4v) is 4.56. The second-order valence-electron chi connectivity index (χ2n) is 8.36. The first kappa shape index (κ1) is 20.9. The fourth-order valence-electron chi connectivity index (χ4n) is 4.26. The van der Waals surface area contributed by atoms with E-state index in [1.54, 1.807) is 0 Å². The van der Waals surface area contributed by atoms with Crippen molar-refractivity contribution in [3.05, 3.63) is 40.9 Å². The molecule has 3 amide bonds. The van der Waals surface area contributed by atoms with Gasteiger partial charge in [0, 0.05) is 11.6 Å². The number of hydrogen-bond acceptors (Lipinski definition) is 3. The molecule has 1 atom stereocenters. The second-order valence-corrected chi connectivity index (χ2v) is 8.85. The third kappa shape index (κ3) is 4.95. The zero-order valence-electron chi connectivity index (χ0n) is 16.7. The van der Waals surface area contributed by atoms with Crippen LogP contribution in [0.25, 0.3) is 6.08 Å². The molecule has 0 aliphatic carbocycles. The number of piperidine rings is 1. The number of nitrogens with zero attached hydrogens (tertiary/aromatic N) is 1. The van der Waals surface area contributed by atoms with Gasteiger partial charge in [-0.15, -0.1) is 0 Å². The molecule has 5 nitrogen and oxygen atoms in total. The van der Waals surface area contributed by atoms with Crippen molar-refractivity contribution in [1.29, 1.82) is 0 Å². The van der Waals surface area contributed by atoms with Crippen molar-refractivity contribution in [2.45, 2.75) is 45.1 Å². The minimum absolute atomic E-state index is 0.154. The number of imide groups is 1. The van der Waals surface area contributed by atoms with Gasteiger partial charge in [0.1, 0.15) is 5.54 Å². The van der Waals surface area contributed by atoms with Gasteiger partial charge in [-0.25, -0.2) is 4.79 Å². The van der Waals surface area contributed by atoms with Gasteiger partial charge in [0.05, 0.1) is 0 Å². The van der Waals surface area contributed by atoms with Crippen molar-refractivity contribution in [3.63, 3.8) is 0 Å². The summed E-state index contributed by atoms with van der Waals surface area (Å²) >= 11 is 6.46. The van der Waals surface area contributed by atoms with Crippen LogP contribution in [0.5, 0.6) is 0 Å². The molecular formula is C22H30ClN3O2. The molecule has 1 aromatic carbocycles. The Morgan fingerprint density at radius 1 is 1.25 bits per heavy atom. The van der Waals surface area contributed by atoms with Crippen LogP contribution in [-0.2, 0) is 4.79 Å². The highest BCUT2D eigenvalue weighted by molar-refractivity contribution is 6.31. The molecule has 0 radical (unpaired) electrons. The van der Waals surface area contributed by atoms with Crippen LogP contribution in [0.2, 0.25) is 0 Å². The van der Waals surface area contributed by atoms with Crippen molar-refractivity contribution in [3.8, 4) is 0 Å². The first-order valence-corrected chi connectivity index (χ1v) is 10.5. The van der Waals surface area contributed by atoms with E-state index in [4.69, 9.17) is 11.6 Å². The van der Waals surface area contributed by atoms with E-state index in [1.165, 1.54) is 0 Å². The van der Waals surface area contributed by atoms with Crippen molar-refractivity contribution in [2.24, 2.45) is 11.8 Å². The average molecular weight is 404 g/mol. The van der Waals surface area contributed by atoms with Gasteiger partial charge in [0.15, 0.2) is 0 Å². The molecule has 2 aliphatic rings. The number of benzene rings is 1. The molecule has 2 N–H and O–H groups in total. The van der Waals surface area contributed by atoms with Gasteiger partial charge in [-0.05, 0) is 62.2 Å². The molecular weight excluding hydrogens is 374 g/mol. The van der Waals surface area contributed by atoms with Crippen LogP contribution in [0.1, 0.15) is 45.1 Å². The summed E-state index contributed by atoms with van der Waals surface area (Å²) in [6.07, 6.45) is 5.37. The van der Waals surface area contributed by atoms with Crippen LogP contribution in [0.3, 0.4) is 0 Å². The van der Waals surface area contributed by atoms with Gasteiger partial charge in [-0.2, -0.15) is 0 Å². The van der Waals surface area contributed by atoms with E-state index in [0.29, 0.717) is 18.9 Å². The monoisotopic (exact) mass is 403 g/mol. The fraction of sp³-hybridized carbons (Fsp3) is 0.545. The van der Waals surface area contributed by atoms with Gasteiger partial charge in [0.2, 0.25) is 0 Å². The molecule has 1 unspecified atom stereocenters. The number of amides is 3. The number of hydrogen-bond donors (Lipinski definition) is 2. The summed E-state index contributed by atoms with van der Waals surface area (Å²) in [5.74, 6) is 0.494. The number of likely N-dealkylation sites (tertiary alicyclic amines) is 1. The SMILES string of the molecule is CC(C)CCC1(C2CCN(CC(Cl)=Cc3ccccc3)CC2)NC(=O)NC1=O. The van der Waals surface area contributed by atoms with Crippen molar-refractivity contribution in [1.82, 2.24) is 15.5 Å². The highest BCUT2D eigenvalue weighted by Gasteiger charge is 2.51. The minimum Gasteiger partial charge on any atom is -0.323 e. The largest absolute Gasteiger partial charge is 0.323 e. The van der Waals surface area contributed by atoms with E-state index < -0.39 is 5.54 Å². The molecule has 1 aromatic rings. The first-order valence-electron chi connectivity index (χ1n) is 10.2. The molecule has 2 heterocycles. The summed E-state index contributed by atoms with van der Waals surface area (Å²) in [7, 11) is 0. The number of carbonyl (C=O) groups is 2. The Hall–Kier alpha value is -1.85. The van der Waals surface area contributed by atoms with Gasteiger partial charge in [-0.3, -0.25) is 15.0 Å². The topological polar surface area (TPSA) is 61.4 Å². The predicted molar refractivity (Wildman–Crippen MR) is 113 cm³/mol. The highest BCUT2D eigenvalue weighted by Crippen LogP contribution is 2.35. The zero-order chi connectivity index (χ0) is 20.1. The molecule has 28 heavy (non-hydrogen) atoms. The number of carbonyl (C=O) groups excluding carboxylic acids is 2. The number of nitrogens with one attached hydrogen (secondary N) is 2. The Morgan fingerprint density at radius 3 is 2.50 bits per heavy atom. The number of urea groups is 1. The van der Waals surface area contributed by atoms with Crippen molar-refractivity contribution < 1.29 is 9.59 Å². The minimum atomic E-state index is -0.753. The summed E-state index contributed by atoms with van der Waals surface area (Å²) in [6, 6.07) is 9.70. The average Bonchev–Trinajstić information content (AvgIpc) is 2.95. The maximum Gasteiger partial charge on any atom is 0.322 e. The molecule has 0 bridgehead atoms. The van der Waals surface area contributed by atoms with Gasteiger partial charge in [-0.1, -0.05) is 55.8 Å². The van der Waals surface area contributed by atoms with E-state index in [1.807, 2.05) is 36.4 Å². The predicted octanol–water partition coefficient (Wildman–Crippen LogP) is 3.99. The van der Waals surface area contributed by atoms with Crippen LogP contribution in [0, 0.1) is 11.8 Å². The van der Waals surface area contributed by atoms with Crippen molar-refractivity contribution >= 4 is 29.6 Å². The lowest BCUT2D eigenvalue weighted by Gasteiger charge is -2.41. The third-order valence-corrected chi connectivity index (χ3v) is 6.10. The second kappa shape index (κ2) is 9.10.